The van der Waals surface area contributed by atoms with Gasteiger partial charge in [-0.25, -0.2) is 0 Å². The van der Waals surface area contributed by atoms with Crippen LogP contribution >= 0.6 is 0 Å². The van der Waals surface area contributed by atoms with Crippen LogP contribution in [0.4, 0.5) is 34.1 Å². The van der Waals surface area contributed by atoms with Gasteiger partial charge < -0.3 is 18.6 Å². The first-order valence-electron chi connectivity index (χ1n) is 26.2. The van der Waals surface area contributed by atoms with E-state index >= 15 is 0 Å². The predicted molar refractivity (Wildman–Crippen MR) is 321 cm³/mol. The summed E-state index contributed by atoms with van der Waals surface area (Å²) in [5, 5.41) is 9.22. The van der Waals surface area contributed by atoms with Gasteiger partial charge in [-0.05, 0) is 142 Å². The van der Waals surface area contributed by atoms with Crippen molar-refractivity contribution in [2.24, 2.45) is 0 Å². The molecule has 362 valence electrons. The van der Waals surface area contributed by atoms with Crippen LogP contribution in [0.5, 0.6) is 0 Å². The molecule has 76 heavy (non-hydrogen) atoms. The molecule has 4 heteroatoms. The van der Waals surface area contributed by atoms with Gasteiger partial charge in [0.05, 0.1) is 22.7 Å². The molecule has 0 radical (unpaired) electrons. The van der Waals surface area contributed by atoms with Crippen LogP contribution in [0.3, 0.4) is 0 Å². The van der Waals surface area contributed by atoms with E-state index in [1.54, 1.807) is 0 Å². The van der Waals surface area contributed by atoms with Gasteiger partial charge in [-0.2, -0.15) is 0 Å². The van der Waals surface area contributed by atoms with Crippen molar-refractivity contribution in [1.82, 2.24) is 0 Å². The molecule has 0 spiro atoms. The molecule has 0 saturated carbocycles. The predicted octanol–water partition coefficient (Wildman–Crippen LogP) is 21.0. The lowest BCUT2D eigenvalue weighted by Gasteiger charge is -2.31. The smallest absolute Gasteiger partial charge is 0.159 e. The fourth-order valence-corrected chi connectivity index (χ4v) is 12.0. The van der Waals surface area contributed by atoms with E-state index in [9.17, 15) is 0 Å². The maximum absolute atomic E-state index is 6.85. The Hall–Kier alpha value is -9.64. The van der Waals surface area contributed by atoms with Gasteiger partial charge in [-0.1, -0.05) is 194 Å². The zero-order valence-corrected chi connectivity index (χ0v) is 42.8. The van der Waals surface area contributed by atoms with Crippen LogP contribution in [0.15, 0.2) is 251 Å². The lowest BCUT2D eigenvalue weighted by molar-refractivity contribution is 0.668. The maximum Gasteiger partial charge on any atom is 0.159 e. The number of fused-ring (bicyclic) bond motifs is 8. The molecule has 0 amide bonds. The number of nitrogens with zero attached hydrogens (tertiary/aromatic N) is 2. The van der Waals surface area contributed by atoms with Crippen LogP contribution in [0, 0.1) is 27.7 Å². The van der Waals surface area contributed by atoms with Crippen molar-refractivity contribution in [3.63, 3.8) is 0 Å². The van der Waals surface area contributed by atoms with Crippen LogP contribution in [-0.2, 0) is 0 Å². The van der Waals surface area contributed by atoms with Crippen molar-refractivity contribution in [3.8, 4) is 33.4 Å². The molecule has 0 atom stereocenters. The number of aryl methyl sites for hydroxylation is 4. The van der Waals surface area contributed by atoms with Crippen molar-refractivity contribution < 1.29 is 8.83 Å². The van der Waals surface area contributed by atoms with Gasteiger partial charge in [0.15, 0.2) is 11.2 Å². The molecule has 2 heterocycles. The largest absolute Gasteiger partial charge is 0.454 e. The van der Waals surface area contributed by atoms with Crippen LogP contribution in [0.25, 0.3) is 98.8 Å². The van der Waals surface area contributed by atoms with Crippen molar-refractivity contribution in [1.29, 1.82) is 0 Å². The Labute approximate surface area is 441 Å². The van der Waals surface area contributed by atoms with Gasteiger partial charge >= 0.3 is 0 Å². The van der Waals surface area contributed by atoms with E-state index in [0.29, 0.717) is 0 Å². The molecule has 0 bridgehead atoms. The number of anilines is 6. The molecule has 2 aromatic heterocycles. The first-order chi connectivity index (χ1) is 37.4. The topological polar surface area (TPSA) is 32.8 Å². The van der Waals surface area contributed by atoms with Gasteiger partial charge in [0.1, 0.15) is 11.2 Å². The highest BCUT2D eigenvalue weighted by Gasteiger charge is 2.28. The molecule has 4 nitrogen and oxygen atoms in total. The second kappa shape index (κ2) is 18.1. The molecular weight excluding hydrogens is 925 g/mol. The van der Waals surface area contributed by atoms with E-state index in [-0.39, 0.29) is 0 Å². The van der Waals surface area contributed by atoms with Crippen LogP contribution < -0.4 is 9.80 Å². The summed E-state index contributed by atoms with van der Waals surface area (Å²) >= 11 is 0. The minimum absolute atomic E-state index is 0.852. The van der Waals surface area contributed by atoms with Gasteiger partial charge in [-0.3, -0.25) is 0 Å². The third-order valence-corrected chi connectivity index (χ3v) is 15.5. The highest BCUT2D eigenvalue weighted by molar-refractivity contribution is 6.13. The Balaban J connectivity index is 0.942. The second-order valence-electron chi connectivity index (χ2n) is 20.2. The summed E-state index contributed by atoms with van der Waals surface area (Å²) in [5.74, 6) is 0. The standard InChI is InChI=1S/C72H52N2O2/c1-45-19-13-31-59(55-29-15-23-49-21-5-7-25-53(49)55)69(45)73(65-35-17-33-61-57-27-9-11-37-67(57)75-71(61)65)63-41-39-51(43-47(63)3)52-40-42-64(48(4)44-52)74(66-36-18-34-62-58-28-10-12-38-68(58)76-72(62)66)70-46(2)20-14-32-60(70)56-30-16-24-50-22-6-8-26-54(50)56/h5-44H,1-4H3. The Morgan fingerprint density at radius 2 is 0.618 bits per heavy atom. The number of rotatable bonds is 9. The van der Waals surface area contributed by atoms with E-state index in [4.69, 9.17) is 8.83 Å². The van der Waals surface area contributed by atoms with E-state index in [0.717, 1.165) is 123 Å². The zero-order chi connectivity index (χ0) is 51.0. The van der Waals surface area contributed by atoms with E-state index in [2.05, 4.69) is 268 Å². The van der Waals surface area contributed by atoms with Crippen molar-refractivity contribution in [3.05, 3.63) is 265 Å². The third-order valence-electron chi connectivity index (χ3n) is 15.5. The zero-order valence-electron chi connectivity index (χ0n) is 42.8. The molecule has 14 aromatic rings. The summed E-state index contributed by atoms with van der Waals surface area (Å²) in [6, 6.07) is 87.6. The summed E-state index contributed by atoms with van der Waals surface area (Å²) in [4.78, 5) is 4.88. The van der Waals surface area contributed by atoms with Crippen LogP contribution in [0.2, 0.25) is 0 Å². The summed E-state index contributed by atoms with van der Waals surface area (Å²) < 4.78 is 13.7. The Morgan fingerprint density at radius 1 is 0.263 bits per heavy atom. The second-order valence-corrected chi connectivity index (χ2v) is 20.2. The number of para-hydroxylation sites is 6. The Morgan fingerprint density at radius 3 is 1.07 bits per heavy atom. The van der Waals surface area contributed by atoms with Gasteiger partial charge in [-0.15, -0.1) is 0 Å². The van der Waals surface area contributed by atoms with Gasteiger partial charge in [0.25, 0.3) is 0 Å². The molecule has 0 N–H and O–H groups in total. The van der Waals surface area contributed by atoms with Crippen molar-refractivity contribution >= 4 is 99.5 Å². The quantitative estimate of drug-likeness (QED) is 0.144. The van der Waals surface area contributed by atoms with Crippen molar-refractivity contribution in [2.75, 3.05) is 9.80 Å². The Bertz CT molecular complexity index is 4310. The monoisotopic (exact) mass is 976 g/mol. The SMILES string of the molecule is Cc1cc(-c2ccc(N(c3c(C)cccc3-c3cccc4ccccc34)c3cccc4c3oc3ccccc34)c(C)c2)ccc1N(c1c(C)cccc1-c1cccc2ccccc12)c1cccc2c1oc1ccccc12. The van der Waals surface area contributed by atoms with E-state index in [1.807, 2.05) is 12.1 Å². The number of benzene rings is 12. The number of furan rings is 2. The Kier molecular flexibility index (Phi) is 10.7. The molecule has 0 aliphatic rings. The average molecular weight is 977 g/mol. The molecule has 12 aromatic carbocycles. The fraction of sp³-hybridized carbons (Fsp3) is 0.0556. The fourth-order valence-electron chi connectivity index (χ4n) is 12.0. The summed E-state index contributed by atoms with van der Waals surface area (Å²) in [7, 11) is 0. The minimum Gasteiger partial charge on any atom is -0.454 e. The lowest BCUT2D eigenvalue weighted by atomic mass is 9.93. The third kappa shape index (κ3) is 7.28. The normalized spacial score (nSPS) is 11.7. The highest BCUT2D eigenvalue weighted by atomic mass is 16.3. The van der Waals surface area contributed by atoms with Crippen LogP contribution in [0.1, 0.15) is 22.3 Å². The summed E-state index contributed by atoms with van der Waals surface area (Å²) in [6.07, 6.45) is 0. The first-order valence-corrected chi connectivity index (χ1v) is 26.2. The average Bonchev–Trinajstić information content (AvgIpc) is 4.10. The highest BCUT2D eigenvalue weighted by Crippen LogP contribution is 2.51. The molecule has 0 aliphatic heterocycles. The number of hydrogen-bond acceptors (Lipinski definition) is 4. The van der Waals surface area contributed by atoms with E-state index in [1.165, 1.54) is 32.7 Å². The molecule has 0 saturated heterocycles. The van der Waals surface area contributed by atoms with Gasteiger partial charge in [0.2, 0.25) is 0 Å². The molecule has 14 rings (SSSR count). The first kappa shape index (κ1) is 45.0. The minimum atomic E-state index is 0.852. The molecular formula is C72H52N2O2. The summed E-state index contributed by atoms with van der Waals surface area (Å²) in [5.41, 5.74) is 21.3. The molecule has 0 unspecified atom stereocenters. The summed E-state index contributed by atoms with van der Waals surface area (Å²) in [6.45, 7) is 8.93. The van der Waals surface area contributed by atoms with Gasteiger partial charge in [0, 0.05) is 44.0 Å². The maximum atomic E-state index is 6.85. The lowest BCUT2D eigenvalue weighted by Crippen LogP contribution is -2.15. The van der Waals surface area contributed by atoms with E-state index < -0.39 is 0 Å². The van der Waals surface area contributed by atoms with Crippen molar-refractivity contribution in [2.45, 2.75) is 27.7 Å². The number of hydrogen-bond donors (Lipinski definition) is 0. The molecule has 0 aliphatic carbocycles. The van der Waals surface area contributed by atoms with Crippen LogP contribution in [-0.4, -0.2) is 0 Å². The molecule has 0 fully saturated rings.